The van der Waals surface area contributed by atoms with Crippen LogP contribution in [0.3, 0.4) is 0 Å². The maximum absolute atomic E-state index is 12.5. The van der Waals surface area contributed by atoms with Crippen LogP contribution >= 0.6 is 11.6 Å². The van der Waals surface area contributed by atoms with E-state index in [2.05, 4.69) is 0 Å². The molecule has 1 aromatic rings. The van der Waals surface area contributed by atoms with Crippen molar-refractivity contribution in [3.05, 3.63) is 28.8 Å². The first kappa shape index (κ1) is 18.4. The number of aryl methyl sites for hydroxylation is 1. The SMILES string of the molecule is CCOC(=O)N1CCN(C(=O)[C@@H](C)Oc2ccc(Cl)c(C)c2)CC1. The van der Waals surface area contributed by atoms with Crippen molar-refractivity contribution < 1.29 is 19.1 Å². The maximum atomic E-state index is 12.5. The number of hydrogen-bond acceptors (Lipinski definition) is 4. The third-order valence-electron chi connectivity index (χ3n) is 3.91. The van der Waals surface area contributed by atoms with E-state index >= 15 is 0 Å². The maximum Gasteiger partial charge on any atom is 0.409 e. The van der Waals surface area contributed by atoms with E-state index in [0.717, 1.165) is 5.56 Å². The fourth-order valence-corrected chi connectivity index (χ4v) is 2.64. The quantitative estimate of drug-likeness (QED) is 0.834. The van der Waals surface area contributed by atoms with E-state index in [1.807, 2.05) is 13.0 Å². The van der Waals surface area contributed by atoms with Crippen LogP contribution in [0.25, 0.3) is 0 Å². The Hall–Kier alpha value is -1.95. The third kappa shape index (κ3) is 4.54. The molecule has 1 saturated heterocycles. The van der Waals surface area contributed by atoms with Gasteiger partial charge < -0.3 is 19.3 Å². The van der Waals surface area contributed by atoms with Gasteiger partial charge in [0.25, 0.3) is 5.91 Å². The molecule has 0 bridgehead atoms. The van der Waals surface area contributed by atoms with Crippen molar-refractivity contribution in [2.24, 2.45) is 0 Å². The molecule has 24 heavy (non-hydrogen) atoms. The summed E-state index contributed by atoms with van der Waals surface area (Å²) in [5.41, 5.74) is 0.900. The molecule has 0 saturated carbocycles. The Morgan fingerprint density at radius 3 is 2.42 bits per heavy atom. The molecule has 0 N–H and O–H groups in total. The van der Waals surface area contributed by atoms with Gasteiger partial charge in [-0.25, -0.2) is 4.79 Å². The van der Waals surface area contributed by atoms with Crippen LogP contribution in [0.2, 0.25) is 5.02 Å². The summed E-state index contributed by atoms with van der Waals surface area (Å²) in [5.74, 6) is 0.522. The largest absolute Gasteiger partial charge is 0.481 e. The molecule has 1 heterocycles. The topological polar surface area (TPSA) is 59.1 Å². The number of ether oxygens (including phenoxy) is 2. The van der Waals surface area contributed by atoms with E-state index in [0.29, 0.717) is 43.6 Å². The van der Waals surface area contributed by atoms with Crippen molar-refractivity contribution in [1.29, 1.82) is 0 Å². The molecule has 0 unspecified atom stereocenters. The second kappa shape index (κ2) is 8.24. The number of halogens is 1. The molecule has 0 aliphatic carbocycles. The average Bonchev–Trinajstić information content (AvgIpc) is 2.58. The Morgan fingerprint density at radius 2 is 1.83 bits per heavy atom. The Morgan fingerprint density at radius 1 is 1.21 bits per heavy atom. The molecule has 6 nitrogen and oxygen atoms in total. The van der Waals surface area contributed by atoms with E-state index in [1.165, 1.54) is 0 Å². The highest BCUT2D eigenvalue weighted by atomic mass is 35.5. The van der Waals surface area contributed by atoms with Gasteiger partial charge in [-0.05, 0) is 44.5 Å². The van der Waals surface area contributed by atoms with Crippen LogP contribution in [0.1, 0.15) is 19.4 Å². The molecule has 7 heteroatoms. The zero-order valence-electron chi connectivity index (χ0n) is 14.3. The molecule has 1 fully saturated rings. The molecular formula is C17H23ClN2O4. The number of amides is 2. The molecule has 2 rings (SSSR count). The number of hydrogen-bond donors (Lipinski definition) is 0. The van der Waals surface area contributed by atoms with Gasteiger partial charge in [-0.15, -0.1) is 0 Å². The molecule has 1 aliphatic rings. The number of nitrogens with zero attached hydrogens (tertiary/aromatic N) is 2. The summed E-state index contributed by atoms with van der Waals surface area (Å²) in [5, 5.41) is 0.663. The second-order valence-corrected chi connectivity index (χ2v) is 6.09. The number of carbonyl (C=O) groups is 2. The van der Waals surface area contributed by atoms with Crippen molar-refractivity contribution in [1.82, 2.24) is 9.80 Å². The van der Waals surface area contributed by atoms with Crippen LogP contribution in [0.5, 0.6) is 5.75 Å². The van der Waals surface area contributed by atoms with Gasteiger partial charge in [-0.2, -0.15) is 0 Å². The fraction of sp³-hybridized carbons (Fsp3) is 0.529. The number of piperazine rings is 1. The fourth-order valence-electron chi connectivity index (χ4n) is 2.53. The average molecular weight is 355 g/mol. The number of rotatable bonds is 4. The lowest BCUT2D eigenvalue weighted by molar-refractivity contribution is -0.139. The summed E-state index contributed by atoms with van der Waals surface area (Å²) in [6, 6.07) is 5.31. The van der Waals surface area contributed by atoms with Gasteiger partial charge in [0.05, 0.1) is 6.61 Å². The van der Waals surface area contributed by atoms with Gasteiger partial charge in [0.1, 0.15) is 5.75 Å². The van der Waals surface area contributed by atoms with Gasteiger partial charge in [-0.3, -0.25) is 4.79 Å². The van der Waals surface area contributed by atoms with Crippen molar-refractivity contribution in [2.75, 3.05) is 32.8 Å². The zero-order chi connectivity index (χ0) is 17.7. The van der Waals surface area contributed by atoms with Gasteiger partial charge in [0.15, 0.2) is 6.10 Å². The summed E-state index contributed by atoms with van der Waals surface area (Å²) in [7, 11) is 0. The van der Waals surface area contributed by atoms with Gasteiger partial charge in [0.2, 0.25) is 0 Å². The molecule has 0 spiro atoms. The first-order valence-electron chi connectivity index (χ1n) is 8.05. The summed E-state index contributed by atoms with van der Waals surface area (Å²) >= 11 is 5.99. The van der Waals surface area contributed by atoms with Crippen LogP contribution in [0.4, 0.5) is 4.79 Å². The standard InChI is InChI=1S/C17H23ClN2O4/c1-4-23-17(22)20-9-7-19(8-10-20)16(21)13(3)24-14-5-6-15(18)12(2)11-14/h5-6,11,13H,4,7-10H2,1-3H3/t13-/m1/s1. The van der Waals surface area contributed by atoms with Gasteiger partial charge in [-0.1, -0.05) is 11.6 Å². The molecule has 0 aromatic heterocycles. The molecule has 1 aromatic carbocycles. The van der Waals surface area contributed by atoms with Gasteiger partial charge >= 0.3 is 6.09 Å². The van der Waals surface area contributed by atoms with E-state index in [9.17, 15) is 9.59 Å². The number of benzene rings is 1. The Labute approximate surface area is 147 Å². The Bertz CT molecular complexity index is 600. The predicted octanol–water partition coefficient (Wildman–Crippen LogP) is 2.72. The normalized spacial score (nSPS) is 15.8. The summed E-state index contributed by atoms with van der Waals surface area (Å²) in [4.78, 5) is 27.5. The van der Waals surface area contributed by atoms with Crippen LogP contribution in [-0.2, 0) is 9.53 Å². The highest BCUT2D eigenvalue weighted by Crippen LogP contribution is 2.22. The van der Waals surface area contributed by atoms with Crippen LogP contribution in [-0.4, -0.2) is 60.7 Å². The van der Waals surface area contributed by atoms with Crippen molar-refractivity contribution in [3.63, 3.8) is 0 Å². The molecule has 0 radical (unpaired) electrons. The minimum absolute atomic E-state index is 0.0916. The van der Waals surface area contributed by atoms with Crippen molar-refractivity contribution in [3.8, 4) is 5.75 Å². The minimum atomic E-state index is -0.597. The molecular weight excluding hydrogens is 332 g/mol. The highest BCUT2D eigenvalue weighted by Gasteiger charge is 2.28. The lowest BCUT2D eigenvalue weighted by atomic mass is 10.2. The Kier molecular flexibility index (Phi) is 6.31. The van der Waals surface area contributed by atoms with E-state index in [4.69, 9.17) is 21.1 Å². The monoisotopic (exact) mass is 354 g/mol. The summed E-state index contributed by atoms with van der Waals surface area (Å²) in [6.07, 6.45) is -0.926. The molecule has 132 valence electrons. The molecule has 1 atom stereocenters. The van der Waals surface area contributed by atoms with Crippen LogP contribution < -0.4 is 4.74 Å². The van der Waals surface area contributed by atoms with E-state index in [-0.39, 0.29) is 12.0 Å². The summed E-state index contributed by atoms with van der Waals surface area (Å²) < 4.78 is 10.7. The molecule has 2 amide bonds. The zero-order valence-corrected chi connectivity index (χ0v) is 15.0. The number of carbonyl (C=O) groups excluding carboxylic acids is 2. The second-order valence-electron chi connectivity index (χ2n) is 5.68. The van der Waals surface area contributed by atoms with Crippen molar-refractivity contribution in [2.45, 2.75) is 26.9 Å². The first-order valence-corrected chi connectivity index (χ1v) is 8.43. The predicted molar refractivity (Wildman–Crippen MR) is 91.5 cm³/mol. The third-order valence-corrected chi connectivity index (χ3v) is 4.33. The van der Waals surface area contributed by atoms with Gasteiger partial charge in [0, 0.05) is 31.2 Å². The highest BCUT2D eigenvalue weighted by molar-refractivity contribution is 6.31. The molecule has 1 aliphatic heterocycles. The summed E-state index contributed by atoms with van der Waals surface area (Å²) in [6.45, 7) is 7.63. The first-order chi connectivity index (χ1) is 11.4. The smallest absolute Gasteiger partial charge is 0.409 e. The van der Waals surface area contributed by atoms with Crippen molar-refractivity contribution >= 4 is 23.6 Å². The lowest BCUT2D eigenvalue weighted by Crippen LogP contribution is -2.53. The van der Waals surface area contributed by atoms with Crippen LogP contribution in [0.15, 0.2) is 18.2 Å². The Balaban J connectivity index is 1.87. The lowest BCUT2D eigenvalue weighted by Gasteiger charge is -2.35. The minimum Gasteiger partial charge on any atom is -0.481 e. The van der Waals surface area contributed by atoms with E-state index < -0.39 is 6.10 Å². The van der Waals surface area contributed by atoms with E-state index in [1.54, 1.807) is 35.8 Å². The van der Waals surface area contributed by atoms with Crippen LogP contribution in [0, 0.1) is 6.92 Å².